The number of fused-ring (bicyclic) bond motifs is 1. The average molecular weight is 372 g/mol. The summed E-state index contributed by atoms with van der Waals surface area (Å²) >= 11 is 1.63. The molecule has 1 N–H and O–H groups in total. The SMILES string of the molecule is Cc1cc(C)c(C)c(SC(C)C(=O)NCc2ccc3c(c2)OCO3)c1C. The number of ether oxygens (including phenoxy) is 2. The predicted octanol–water partition coefficient (Wildman–Crippen LogP) is 4.45. The molecule has 3 rings (SSSR count). The van der Waals surface area contributed by atoms with E-state index in [9.17, 15) is 4.79 Å². The van der Waals surface area contributed by atoms with Gasteiger partial charge in [-0.3, -0.25) is 4.79 Å². The van der Waals surface area contributed by atoms with Crippen LogP contribution in [-0.4, -0.2) is 18.0 Å². The van der Waals surface area contributed by atoms with Crippen LogP contribution in [-0.2, 0) is 11.3 Å². The van der Waals surface area contributed by atoms with Gasteiger partial charge in [-0.25, -0.2) is 0 Å². The number of carbonyl (C=O) groups excluding carboxylic acids is 1. The number of hydrogen-bond acceptors (Lipinski definition) is 4. The second-order valence-corrected chi connectivity index (χ2v) is 8.11. The number of aryl methyl sites for hydroxylation is 2. The first kappa shape index (κ1) is 18.6. The number of hydrogen-bond donors (Lipinski definition) is 1. The van der Waals surface area contributed by atoms with E-state index in [1.807, 2.05) is 25.1 Å². The fraction of sp³-hybridized carbons (Fsp3) is 0.381. The Labute approximate surface area is 159 Å². The molecule has 1 unspecified atom stereocenters. The number of carbonyl (C=O) groups is 1. The maximum Gasteiger partial charge on any atom is 0.233 e. The summed E-state index contributed by atoms with van der Waals surface area (Å²) in [7, 11) is 0. The van der Waals surface area contributed by atoms with Gasteiger partial charge in [-0.1, -0.05) is 12.1 Å². The molecular weight excluding hydrogens is 346 g/mol. The van der Waals surface area contributed by atoms with Crippen molar-refractivity contribution in [2.24, 2.45) is 0 Å². The molecule has 4 nitrogen and oxygen atoms in total. The van der Waals surface area contributed by atoms with Crippen LogP contribution in [0.3, 0.4) is 0 Å². The van der Waals surface area contributed by atoms with Crippen molar-refractivity contribution >= 4 is 17.7 Å². The Hall–Kier alpha value is -2.14. The van der Waals surface area contributed by atoms with E-state index in [0.29, 0.717) is 6.54 Å². The lowest BCUT2D eigenvalue weighted by molar-refractivity contribution is -0.120. The molecule has 0 saturated carbocycles. The second-order valence-electron chi connectivity index (χ2n) is 6.75. The Bertz CT molecular complexity index is 821. The summed E-state index contributed by atoms with van der Waals surface area (Å²) in [6.45, 7) is 11.2. The topological polar surface area (TPSA) is 47.6 Å². The molecule has 0 fully saturated rings. The van der Waals surface area contributed by atoms with E-state index >= 15 is 0 Å². The molecule has 5 heteroatoms. The molecule has 0 aromatic heterocycles. The van der Waals surface area contributed by atoms with Gasteiger partial charge in [-0.15, -0.1) is 11.8 Å². The van der Waals surface area contributed by atoms with E-state index in [4.69, 9.17) is 9.47 Å². The zero-order chi connectivity index (χ0) is 18.8. The van der Waals surface area contributed by atoms with E-state index in [1.165, 1.54) is 27.1 Å². The third-order valence-corrected chi connectivity index (χ3v) is 6.28. The molecular formula is C21H25NO3S. The van der Waals surface area contributed by atoms with Gasteiger partial charge in [0.25, 0.3) is 0 Å². The number of amides is 1. The average Bonchev–Trinajstić information content (AvgIpc) is 3.09. The Kier molecular flexibility index (Phi) is 5.47. The van der Waals surface area contributed by atoms with Crippen molar-refractivity contribution < 1.29 is 14.3 Å². The highest BCUT2D eigenvalue weighted by Crippen LogP contribution is 2.34. The molecule has 0 radical (unpaired) electrons. The Balaban J connectivity index is 1.64. The fourth-order valence-electron chi connectivity index (χ4n) is 2.97. The highest BCUT2D eigenvalue weighted by atomic mass is 32.2. The van der Waals surface area contributed by atoms with Crippen LogP contribution in [0.5, 0.6) is 11.5 Å². The van der Waals surface area contributed by atoms with Gasteiger partial charge in [0, 0.05) is 11.4 Å². The Morgan fingerprint density at radius 2 is 1.73 bits per heavy atom. The van der Waals surface area contributed by atoms with Crippen LogP contribution in [0.2, 0.25) is 0 Å². The zero-order valence-electron chi connectivity index (χ0n) is 15.9. The van der Waals surface area contributed by atoms with Crippen LogP contribution in [0.4, 0.5) is 0 Å². The lowest BCUT2D eigenvalue weighted by atomic mass is 10.0. The van der Waals surface area contributed by atoms with E-state index in [1.54, 1.807) is 11.8 Å². The molecule has 0 saturated heterocycles. The summed E-state index contributed by atoms with van der Waals surface area (Å²) in [5.41, 5.74) is 6.05. The number of rotatable bonds is 5. The molecule has 1 aliphatic heterocycles. The minimum absolute atomic E-state index is 0.0330. The van der Waals surface area contributed by atoms with Crippen molar-refractivity contribution in [1.82, 2.24) is 5.32 Å². The normalized spacial score (nSPS) is 13.6. The minimum Gasteiger partial charge on any atom is -0.454 e. The molecule has 138 valence electrons. The van der Waals surface area contributed by atoms with Crippen LogP contribution < -0.4 is 14.8 Å². The Morgan fingerprint density at radius 3 is 2.42 bits per heavy atom. The highest BCUT2D eigenvalue weighted by Gasteiger charge is 2.19. The molecule has 0 aliphatic carbocycles. The van der Waals surface area contributed by atoms with Gasteiger partial charge in [-0.2, -0.15) is 0 Å². The highest BCUT2D eigenvalue weighted by molar-refractivity contribution is 8.00. The van der Waals surface area contributed by atoms with Gasteiger partial charge >= 0.3 is 0 Å². The monoisotopic (exact) mass is 371 g/mol. The molecule has 1 amide bonds. The predicted molar refractivity (Wildman–Crippen MR) is 105 cm³/mol. The van der Waals surface area contributed by atoms with Gasteiger partial charge in [0.15, 0.2) is 11.5 Å². The first-order valence-corrected chi connectivity index (χ1v) is 9.65. The molecule has 0 bridgehead atoms. The quantitative estimate of drug-likeness (QED) is 0.789. The molecule has 1 heterocycles. The van der Waals surface area contributed by atoms with Crippen molar-refractivity contribution in [3.05, 3.63) is 52.1 Å². The number of nitrogens with one attached hydrogen (secondary N) is 1. The van der Waals surface area contributed by atoms with Crippen molar-refractivity contribution in [3.63, 3.8) is 0 Å². The lowest BCUT2D eigenvalue weighted by Gasteiger charge is -2.18. The first-order valence-electron chi connectivity index (χ1n) is 8.77. The summed E-state index contributed by atoms with van der Waals surface area (Å²) < 4.78 is 10.7. The Morgan fingerprint density at radius 1 is 1.08 bits per heavy atom. The van der Waals surface area contributed by atoms with E-state index < -0.39 is 0 Å². The van der Waals surface area contributed by atoms with Crippen LogP contribution in [0.1, 0.15) is 34.7 Å². The molecule has 2 aromatic rings. The summed E-state index contributed by atoms with van der Waals surface area (Å²) in [4.78, 5) is 13.8. The summed E-state index contributed by atoms with van der Waals surface area (Å²) in [5, 5.41) is 2.86. The maximum atomic E-state index is 12.6. The maximum absolute atomic E-state index is 12.6. The smallest absolute Gasteiger partial charge is 0.233 e. The van der Waals surface area contributed by atoms with E-state index in [0.717, 1.165) is 17.1 Å². The van der Waals surface area contributed by atoms with Crippen LogP contribution >= 0.6 is 11.8 Å². The van der Waals surface area contributed by atoms with E-state index in [2.05, 4.69) is 39.1 Å². The van der Waals surface area contributed by atoms with Crippen LogP contribution in [0, 0.1) is 27.7 Å². The molecule has 1 atom stereocenters. The van der Waals surface area contributed by atoms with Crippen LogP contribution in [0.15, 0.2) is 29.2 Å². The number of thioether (sulfide) groups is 1. The third-order valence-electron chi connectivity index (χ3n) is 4.86. The molecule has 1 aliphatic rings. The van der Waals surface area contributed by atoms with Gasteiger partial charge in [0.1, 0.15) is 0 Å². The number of benzene rings is 2. The van der Waals surface area contributed by atoms with Crippen molar-refractivity contribution in [1.29, 1.82) is 0 Å². The largest absolute Gasteiger partial charge is 0.454 e. The molecule has 0 spiro atoms. The van der Waals surface area contributed by atoms with Crippen molar-refractivity contribution in [2.45, 2.75) is 51.3 Å². The summed E-state index contributed by atoms with van der Waals surface area (Å²) in [6, 6.07) is 7.95. The van der Waals surface area contributed by atoms with Gasteiger partial charge < -0.3 is 14.8 Å². The third kappa shape index (κ3) is 3.83. The minimum atomic E-state index is -0.164. The summed E-state index contributed by atoms with van der Waals surface area (Å²) in [5.74, 6) is 1.52. The first-order chi connectivity index (χ1) is 12.4. The van der Waals surface area contributed by atoms with Crippen molar-refractivity contribution in [2.75, 3.05) is 6.79 Å². The fourth-order valence-corrected chi connectivity index (χ4v) is 4.19. The van der Waals surface area contributed by atoms with Crippen molar-refractivity contribution in [3.8, 4) is 11.5 Å². The molecule has 2 aromatic carbocycles. The van der Waals surface area contributed by atoms with Gasteiger partial charge in [-0.05, 0) is 74.6 Å². The van der Waals surface area contributed by atoms with Gasteiger partial charge in [0.2, 0.25) is 12.7 Å². The standard InChI is InChI=1S/C21H25NO3S/c1-12-8-13(2)15(4)20(14(12)3)26-16(5)21(23)22-10-17-6-7-18-19(9-17)25-11-24-18/h6-9,16H,10-11H2,1-5H3,(H,22,23). The van der Waals surface area contributed by atoms with Crippen LogP contribution in [0.25, 0.3) is 0 Å². The van der Waals surface area contributed by atoms with Gasteiger partial charge in [0.05, 0.1) is 5.25 Å². The molecule has 26 heavy (non-hydrogen) atoms. The van der Waals surface area contributed by atoms with E-state index in [-0.39, 0.29) is 18.0 Å². The summed E-state index contributed by atoms with van der Waals surface area (Å²) in [6.07, 6.45) is 0. The lowest BCUT2D eigenvalue weighted by Crippen LogP contribution is -2.30. The zero-order valence-corrected chi connectivity index (χ0v) is 16.8. The second kappa shape index (κ2) is 7.62.